The summed E-state index contributed by atoms with van der Waals surface area (Å²) in [6.07, 6.45) is 2.51. The van der Waals surface area contributed by atoms with Crippen LogP contribution in [0.3, 0.4) is 0 Å². The zero-order chi connectivity index (χ0) is 12.3. The van der Waals surface area contributed by atoms with Crippen LogP contribution in [-0.4, -0.2) is 29.8 Å². The van der Waals surface area contributed by atoms with Gasteiger partial charge in [-0.05, 0) is 23.2 Å². The Morgan fingerprint density at radius 1 is 1.41 bits per heavy atom. The van der Waals surface area contributed by atoms with Gasteiger partial charge in [-0.15, -0.1) is 15.3 Å². The predicted octanol–water partition coefficient (Wildman–Crippen LogP) is 0.257. The molecule has 0 saturated carbocycles. The Labute approximate surface area is 103 Å². The molecule has 2 N–H and O–H groups in total. The third-order valence-corrected chi connectivity index (χ3v) is 3.26. The van der Waals surface area contributed by atoms with E-state index in [1.54, 1.807) is 7.05 Å². The lowest BCUT2D eigenvalue weighted by atomic mass is 10.1. The van der Waals surface area contributed by atoms with Crippen molar-refractivity contribution in [2.45, 2.75) is 32.2 Å². The van der Waals surface area contributed by atoms with Crippen LogP contribution in [0.1, 0.15) is 35.8 Å². The third kappa shape index (κ3) is 2.83. The van der Waals surface area contributed by atoms with E-state index in [4.69, 9.17) is 5.73 Å². The predicted molar refractivity (Wildman–Crippen MR) is 63.3 cm³/mol. The summed E-state index contributed by atoms with van der Waals surface area (Å²) in [5.41, 5.74) is 7.12. The number of nitrogens with zero attached hydrogens (tertiary/aromatic N) is 6. The number of hydrogen-bond acceptors (Lipinski definition) is 7. The molecule has 0 fully saturated rings. The number of aryl methyl sites for hydroxylation is 2. The first-order chi connectivity index (χ1) is 8.20. The summed E-state index contributed by atoms with van der Waals surface area (Å²) in [6, 6.07) is -0.152. The molecule has 0 aliphatic rings. The molecule has 0 aliphatic carbocycles. The van der Waals surface area contributed by atoms with Crippen molar-refractivity contribution in [3.05, 3.63) is 16.4 Å². The van der Waals surface area contributed by atoms with Crippen molar-refractivity contribution in [2.24, 2.45) is 12.8 Å². The molecular formula is C9H15N7S. The lowest BCUT2D eigenvalue weighted by Gasteiger charge is -2.07. The van der Waals surface area contributed by atoms with Crippen LogP contribution in [0.25, 0.3) is 0 Å². The van der Waals surface area contributed by atoms with Crippen LogP contribution in [0.5, 0.6) is 0 Å². The highest BCUT2D eigenvalue weighted by molar-refractivity contribution is 7.05. The highest BCUT2D eigenvalue weighted by Crippen LogP contribution is 2.21. The lowest BCUT2D eigenvalue weighted by Crippen LogP contribution is -2.15. The number of hydrogen-bond donors (Lipinski definition) is 1. The second-order valence-corrected chi connectivity index (χ2v) is 4.63. The van der Waals surface area contributed by atoms with Crippen molar-refractivity contribution in [2.75, 3.05) is 0 Å². The van der Waals surface area contributed by atoms with Gasteiger partial charge < -0.3 is 5.73 Å². The lowest BCUT2D eigenvalue weighted by molar-refractivity contribution is 0.622. The SMILES string of the molecule is CCCc1nnsc1C(N)Cc1nnn(C)n1. The van der Waals surface area contributed by atoms with Crippen molar-refractivity contribution in [3.63, 3.8) is 0 Å². The monoisotopic (exact) mass is 253 g/mol. The molecule has 2 heterocycles. The first kappa shape index (κ1) is 12.1. The molecule has 1 unspecified atom stereocenters. The molecule has 0 aromatic carbocycles. The Kier molecular flexibility index (Phi) is 3.75. The molecule has 0 saturated heterocycles. The molecule has 2 aromatic heterocycles. The van der Waals surface area contributed by atoms with Crippen LogP contribution in [-0.2, 0) is 19.9 Å². The Bertz CT molecular complexity index is 477. The Morgan fingerprint density at radius 2 is 2.24 bits per heavy atom. The Hall–Kier alpha value is -1.41. The zero-order valence-corrected chi connectivity index (χ0v) is 10.7. The smallest absolute Gasteiger partial charge is 0.176 e. The van der Waals surface area contributed by atoms with Gasteiger partial charge in [0.15, 0.2) is 5.82 Å². The second kappa shape index (κ2) is 5.28. The molecule has 0 amide bonds. The normalized spacial score (nSPS) is 12.9. The summed E-state index contributed by atoms with van der Waals surface area (Å²) in [5, 5.41) is 15.9. The van der Waals surface area contributed by atoms with E-state index in [9.17, 15) is 0 Å². The van der Waals surface area contributed by atoms with Gasteiger partial charge in [-0.3, -0.25) is 0 Å². The molecule has 1 atom stereocenters. The van der Waals surface area contributed by atoms with E-state index < -0.39 is 0 Å². The van der Waals surface area contributed by atoms with E-state index >= 15 is 0 Å². The third-order valence-electron chi connectivity index (χ3n) is 2.36. The second-order valence-electron chi connectivity index (χ2n) is 3.84. The van der Waals surface area contributed by atoms with E-state index in [2.05, 4.69) is 31.9 Å². The van der Waals surface area contributed by atoms with E-state index in [-0.39, 0.29) is 6.04 Å². The average molecular weight is 253 g/mol. The highest BCUT2D eigenvalue weighted by Gasteiger charge is 2.17. The minimum absolute atomic E-state index is 0.152. The fourth-order valence-corrected chi connectivity index (χ4v) is 2.30. The van der Waals surface area contributed by atoms with E-state index in [0.29, 0.717) is 12.2 Å². The molecule has 0 radical (unpaired) electrons. The molecule has 0 bridgehead atoms. The van der Waals surface area contributed by atoms with Gasteiger partial charge in [-0.1, -0.05) is 17.8 Å². The van der Waals surface area contributed by atoms with Crippen LogP contribution in [0.4, 0.5) is 0 Å². The summed E-state index contributed by atoms with van der Waals surface area (Å²) in [4.78, 5) is 2.46. The molecule has 2 rings (SSSR count). The first-order valence-electron chi connectivity index (χ1n) is 5.50. The number of nitrogens with two attached hydrogens (primary N) is 1. The first-order valence-corrected chi connectivity index (χ1v) is 6.27. The van der Waals surface area contributed by atoms with Crippen molar-refractivity contribution >= 4 is 11.5 Å². The van der Waals surface area contributed by atoms with Gasteiger partial charge in [-0.25, -0.2) is 0 Å². The minimum Gasteiger partial charge on any atom is -0.323 e. The molecular weight excluding hydrogens is 238 g/mol. The largest absolute Gasteiger partial charge is 0.323 e. The van der Waals surface area contributed by atoms with Crippen LogP contribution < -0.4 is 5.73 Å². The summed E-state index contributed by atoms with van der Waals surface area (Å²) >= 11 is 1.35. The Balaban J connectivity index is 2.08. The average Bonchev–Trinajstić information content (AvgIpc) is 2.88. The molecule has 0 aliphatic heterocycles. The van der Waals surface area contributed by atoms with Crippen LogP contribution in [0.2, 0.25) is 0 Å². The maximum Gasteiger partial charge on any atom is 0.176 e. The molecule has 92 valence electrons. The topological polar surface area (TPSA) is 95.4 Å². The van der Waals surface area contributed by atoms with Crippen molar-refractivity contribution in [1.29, 1.82) is 0 Å². The van der Waals surface area contributed by atoms with Gasteiger partial charge in [0.05, 0.1) is 17.6 Å². The Morgan fingerprint density at radius 3 is 2.88 bits per heavy atom. The minimum atomic E-state index is -0.152. The molecule has 7 nitrogen and oxygen atoms in total. The van der Waals surface area contributed by atoms with Crippen LogP contribution in [0, 0.1) is 0 Å². The van der Waals surface area contributed by atoms with Gasteiger partial charge in [0, 0.05) is 12.5 Å². The summed E-state index contributed by atoms with van der Waals surface area (Å²) < 4.78 is 3.96. The standard InChI is InChI=1S/C9H15N7S/c1-3-4-7-9(17-15-11-7)6(10)5-8-12-14-16(2)13-8/h6H,3-5,10H2,1-2H3. The molecule has 8 heteroatoms. The quantitative estimate of drug-likeness (QED) is 0.821. The van der Waals surface area contributed by atoms with E-state index in [1.807, 2.05) is 0 Å². The van der Waals surface area contributed by atoms with Crippen LogP contribution >= 0.6 is 11.5 Å². The summed E-state index contributed by atoms with van der Waals surface area (Å²) in [5.74, 6) is 0.649. The van der Waals surface area contributed by atoms with Crippen molar-refractivity contribution in [1.82, 2.24) is 29.8 Å². The van der Waals surface area contributed by atoms with E-state index in [1.165, 1.54) is 16.3 Å². The molecule has 2 aromatic rings. The maximum absolute atomic E-state index is 6.13. The zero-order valence-electron chi connectivity index (χ0n) is 9.87. The van der Waals surface area contributed by atoms with Gasteiger partial charge >= 0.3 is 0 Å². The van der Waals surface area contributed by atoms with Crippen LogP contribution in [0.15, 0.2) is 0 Å². The fourth-order valence-electron chi connectivity index (χ4n) is 1.60. The van der Waals surface area contributed by atoms with Gasteiger partial charge in [0.2, 0.25) is 0 Å². The van der Waals surface area contributed by atoms with Gasteiger partial charge in [-0.2, -0.15) is 4.80 Å². The highest BCUT2D eigenvalue weighted by atomic mass is 32.1. The summed E-state index contributed by atoms with van der Waals surface area (Å²) in [7, 11) is 1.73. The molecule has 17 heavy (non-hydrogen) atoms. The maximum atomic E-state index is 6.13. The fraction of sp³-hybridized carbons (Fsp3) is 0.667. The van der Waals surface area contributed by atoms with Crippen molar-refractivity contribution < 1.29 is 0 Å². The number of tetrazole rings is 1. The van der Waals surface area contributed by atoms with E-state index in [0.717, 1.165) is 23.4 Å². The number of aromatic nitrogens is 6. The summed E-state index contributed by atoms with van der Waals surface area (Å²) in [6.45, 7) is 2.11. The number of rotatable bonds is 5. The van der Waals surface area contributed by atoms with Crippen molar-refractivity contribution in [3.8, 4) is 0 Å². The van der Waals surface area contributed by atoms with Gasteiger partial charge in [0.25, 0.3) is 0 Å². The molecule has 0 spiro atoms. The van der Waals surface area contributed by atoms with Gasteiger partial charge in [0.1, 0.15) is 0 Å².